The van der Waals surface area contributed by atoms with Crippen LogP contribution in [0.4, 0.5) is 0 Å². The van der Waals surface area contributed by atoms with Crippen LogP contribution in [0.25, 0.3) is 0 Å². The zero-order valence-corrected chi connectivity index (χ0v) is 13.6. The zero-order valence-electron chi connectivity index (χ0n) is 13.6. The van der Waals surface area contributed by atoms with E-state index < -0.39 is 17.5 Å². The highest BCUT2D eigenvalue weighted by atomic mass is 16.6. The smallest absolute Gasteiger partial charge is 0.331 e. The molecule has 1 saturated heterocycles. The topological polar surface area (TPSA) is 64.6 Å². The van der Waals surface area contributed by atoms with E-state index in [0.29, 0.717) is 12.8 Å². The first-order chi connectivity index (χ1) is 11.0. The molecule has 0 aromatic heterocycles. The van der Waals surface area contributed by atoms with Gasteiger partial charge in [-0.25, -0.2) is 9.59 Å². The summed E-state index contributed by atoms with van der Waals surface area (Å²) in [6.45, 7) is 5.07. The van der Waals surface area contributed by atoms with Crippen LogP contribution in [0.2, 0.25) is 0 Å². The quantitative estimate of drug-likeness (QED) is 0.667. The predicted molar refractivity (Wildman–Crippen MR) is 86.7 cm³/mol. The summed E-state index contributed by atoms with van der Waals surface area (Å²) in [5.74, 6) is -1.08. The number of ether oxygens (including phenoxy) is 2. The van der Waals surface area contributed by atoms with Crippen molar-refractivity contribution in [3.63, 3.8) is 0 Å². The third-order valence-electron chi connectivity index (χ3n) is 3.71. The minimum Gasteiger partial charge on any atom is -0.460 e. The number of carbonyl (C=O) groups excluding carboxylic acids is 2. The van der Waals surface area contributed by atoms with Crippen LogP contribution in [0.3, 0.4) is 0 Å². The molecule has 1 fully saturated rings. The highest BCUT2D eigenvalue weighted by Crippen LogP contribution is 2.34. The second-order valence-corrected chi connectivity index (χ2v) is 5.85. The molecule has 23 heavy (non-hydrogen) atoms. The summed E-state index contributed by atoms with van der Waals surface area (Å²) in [5.41, 5.74) is 0.337. The van der Waals surface area contributed by atoms with E-state index in [0.717, 1.165) is 30.8 Å². The Hall–Kier alpha value is -2.14. The van der Waals surface area contributed by atoms with Crippen LogP contribution >= 0.6 is 0 Å². The number of nitrogens with one attached hydrogen (secondary N) is 1. The van der Waals surface area contributed by atoms with Crippen LogP contribution in [0.15, 0.2) is 42.5 Å². The zero-order chi connectivity index (χ0) is 16.7. The third-order valence-corrected chi connectivity index (χ3v) is 3.71. The van der Waals surface area contributed by atoms with Crippen LogP contribution in [0, 0.1) is 0 Å². The molecule has 1 aliphatic heterocycles. The molecule has 0 radical (unpaired) electrons. The molecule has 2 rings (SSSR count). The Morgan fingerprint density at radius 2 is 1.70 bits per heavy atom. The Morgan fingerprint density at radius 3 is 2.30 bits per heavy atom. The number of piperidine rings is 1. The molecule has 1 N–H and O–H groups in total. The molecule has 5 nitrogen and oxygen atoms in total. The molecule has 0 spiro atoms. The molecule has 0 saturated carbocycles. The second kappa shape index (κ2) is 7.92. The lowest BCUT2D eigenvalue weighted by atomic mass is 9.85. The average Bonchev–Trinajstić information content (AvgIpc) is 2.54. The third kappa shape index (κ3) is 4.93. The van der Waals surface area contributed by atoms with E-state index in [2.05, 4.69) is 5.32 Å². The van der Waals surface area contributed by atoms with Gasteiger partial charge in [0.2, 0.25) is 0 Å². The van der Waals surface area contributed by atoms with E-state index in [1.165, 1.54) is 0 Å². The lowest BCUT2D eigenvalue weighted by molar-refractivity contribution is -0.158. The molecule has 0 unspecified atom stereocenters. The van der Waals surface area contributed by atoms with Gasteiger partial charge >= 0.3 is 11.9 Å². The van der Waals surface area contributed by atoms with Gasteiger partial charge in [-0.05, 0) is 32.5 Å². The van der Waals surface area contributed by atoms with Crippen molar-refractivity contribution in [3.05, 3.63) is 48.0 Å². The summed E-state index contributed by atoms with van der Waals surface area (Å²) in [6.07, 6.45) is 3.43. The van der Waals surface area contributed by atoms with Crippen molar-refractivity contribution in [2.45, 2.75) is 38.4 Å². The van der Waals surface area contributed by atoms with Gasteiger partial charge in [0.15, 0.2) is 0 Å². The normalized spacial score (nSPS) is 17.2. The van der Waals surface area contributed by atoms with Gasteiger partial charge in [0.25, 0.3) is 0 Å². The molecule has 0 aliphatic carbocycles. The predicted octanol–water partition coefficient (Wildman–Crippen LogP) is 2.32. The largest absolute Gasteiger partial charge is 0.460 e. The highest BCUT2D eigenvalue weighted by Gasteiger charge is 2.37. The van der Waals surface area contributed by atoms with Gasteiger partial charge in [-0.15, -0.1) is 0 Å². The van der Waals surface area contributed by atoms with Crippen LogP contribution in [0.5, 0.6) is 0 Å². The first-order valence-electron chi connectivity index (χ1n) is 7.90. The molecule has 0 bridgehead atoms. The summed E-state index contributed by atoms with van der Waals surface area (Å²) in [7, 11) is 0. The molecule has 1 aliphatic rings. The van der Waals surface area contributed by atoms with Gasteiger partial charge in [-0.3, -0.25) is 0 Å². The highest BCUT2D eigenvalue weighted by molar-refractivity contribution is 5.91. The molecule has 0 atom stereocenters. The fraction of sp³-hybridized carbons (Fsp3) is 0.444. The Labute approximate surface area is 136 Å². The number of hydrogen-bond acceptors (Lipinski definition) is 5. The molecule has 0 amide bonds. The standard InChI is InChI=1S/C18H23NO4/c1-14(2)22-16(20)8-9-17(21)23-18(10-12-19-13-11-18)15-6-4-3-5-7-15/h3-9,14,19H,10-13H2,1-2H3/b9-8+. The van der Waals surface area contributed by atoms with Crippen LogP contribution < -0.4 is 5.32 Å². The van der Waals surface area contributed by atoms with Gasteiger partial charge in [-0.2, -0.15) is 0 Å². The maximum Gasteiger partial charge on any atom is 0.331 e. The minimum absolute atomic E-state index is 0.219. The van der Waals surface area contributed by atoms with Crippen molar-refractivity contribution < 1.29 is 19.1 Å². The number of carbonyl (C=O) groups is 2. The number of esters is 2. The van der Waals surface area contributed by atoms with Gasteiger partial charge in [0.1, 0.15) is 5.60 Å². The van der Waals surface area contributed by atoms with Crippen molar-refractivity contribution in [1.82, 2.24) is 5.32 Å². The van der Waals surface area contributed by atoms with Crippen LogP contribution in [-0.4, -0.2) is 31.1 Å². The number of rotatable bonds is 5. The van der Waals surface area contributed by atoms with Crippen molar-refractivity contribution in [3.8, 4) is 0 Å². The Morgan fingerprint density at radius 1 is 1.09 bits per heavy atom. The lowest BCUT2D eigenvalue weighted by Gasteiger charge is -2.37. The van der Waals surface area contributed by atoms with Gasteiger partial charge in [-0.1, -0.05) is 30.3 Å². The molecular weight excluding hydrogens is 294 g/mol. The van der Waals surface area contributed by atoms with E-state index in [4.69, 9.17) is 9.47 Å². The van der Waals surface area contributed by atoms with Gasteiger partial charge in [0, 0.05) is 25.0 Å². The fourth-order valence-electron chi connectivity index (χ4n) is 2.66. The van der Waals surface area contributed by atoms with Crippen molar-refractivity contribution in [2.24, 2.45) is 0 Å². The molecule has 5 heteroatoms. The lowest BCUT2D eigenvalue weighted by Crippen LogP contribution is -2.42. The summed E-state index contributed by atoms with van der Waals surface area (Å²) >= 11 is 0. The van der Waals surface area contributed by atoms with E-state index in [1.807, 2.05) is 30.3 Å². The van der Waals surface area contributed by atoms with E-state index in [9.17, 15) is 9.59 Å². The van der Waals surface area contributed by atoms with Crippen molar-refractivity contribution >= 4 is 11.9 Å². The SMILES string of the molecule is CC(C)OC(=O)/C=C/C(=O)OC1(c2ccccc2)CCNCC1. The maximum absolute atomic E-state index is 12.1. The summed E-state index contributed by atoms with van der Waals surface area (Å²) in [4.78, 5) is 23.6. The number of benzene rings is 1. The fourth-order valence-corrected chi connectivity index (χ4v) is 2.66. The van der Waals surface area contributed by atoms with Crippen LogP contribution in [0.1, 0.15) is 32.3 Å². The Kier molecular flexibility index (Phi) is 5.93. The van der Waals surface area contributed by atoms with E-state index >= 15 is 0 Å². The minimum atomic E-state index is -0.643. The number of hydrogen-bond donors (Lipinski definition) is 1. The second-order valence-electron chi connectivity index (χ2n) is 5.85. The maximum atomic E-state index is 12.1. The van der Waals surface area contributed by atoms with Gasteiger partial charge < -0.3 is 14.8 Å². The first-order valence-corrected chi connectivity index (χ1v) is 7.90. The molecule has 1 aromatic rings. The van der Waals surface area contributed by atoms with Crippen molar-refractivity contribution in [2.75, 3.05) is 13.1 Å². The van der Waals surface area contributed by atoms with E-state index in [-0.39, 0.29) is 6.10 Å². The van der Waals surface area contributed by atoms with E-state index in [1.54, 1.807) is 13.8 Å². The molecular formula is C18H23NO4. The van der Waals surface area contributed by atoms with Crippen LogP contribution in [-0.2, 0) is 24.7 Å². The molecule has 1 aromatic carbocycles. The summed E-state index contributed by atoms with van der Waals surface area (Å²) in [5, 5.41) is 3.27. The summed E-state index contributed by atoms with van der Waals surface area (Å²) in [6, 6.07) is 9.73. The monoisotopic (exact) mass is 317 g/mol. The first kappa shape index (κ1) is 17.2. The van der Waals surface area contributed by atoms with Gasteiger partial charge in [0.05, 0.1) is 6.10 Å². The summed E-state index contributed by atoms with van der Waals surface area (Å²) < 4.78 is 10.7. The van der Waals surface area contributed by atoms with Crippen molar-refractivity contribution in [1.29, 1.82) is 0 Å². The molecule has 1 heterocycles. The Bertz CT molecular complexity index is 560. The Balaban J connectivity index is 2.08. The molecule has 124 valence electrons. The average molecular weight is 317 g/mol.